The third-order valence-electron chi connectivity index (χ3n) is 9.83. The number of hydrogen-bond acceptors (Lipinski definition) is 9. The molecule has 1 amide bonds. The number of ether oxygens (including phenoxy) is 4. The highest BCUT2D eigenvalue weighted by Gasteiger charge is 2.60. The first kappa shape index (κ1) is 45.7. The number of H-pyrrole nitrogens is 1. The van der Waals surface area contributed by atoms with Crippen LogP contribution in [-0.2, 0) is 23.4 Å². The van der Waals surface area contributed by atoms with Crippen LogP contribution in [0.15, 0.2) is 81.4 Å². The molecule has 0 saturated carbocycles. The van der Waals surface area contributed by atoms with E-state index in [0.717, 1.165) is 36.1 Å². The van der Waals surface area contributed by atoms with Crippen LogP contribution in [-0.4, -0.2) is 94.0 Å². The molecule has 2 aromatic carbocycles. The van der Waals surface area contributed by atoms with Gasteiger partial charge in [-0.05, 0) is 55.9 Å². The van der Waals surface area contributed by atoms with Crippen molar-refractivity contribution in [3.8, 4) is 0 Å². The number of aryl methyl sites for hydroxylation is 1. The summed E-state index contributed by atoms with van der Waals surface area (Å²) in [5.41, 5.74) is -3.06. The van der Waals surface area contributed by atoms with Gasteiger partial charge < -0.3 is 28.7 Å². The number of guanidine groups is 1. The summed E-state index contributed by atoms with van der Waals surface area (Å²) < 4.78 is 34.9. The van der Waals surface area contributed by atoms with Gasteiger partial charge in [0.1, 0.15) is 23.3 Å². The number of hydrogen-bond donors (Lipinski definition) is 3. The molecule has 1 saturated heterocycles. The first-order valence-corrected chi connectivity index (χ1v) is 21.9. The summed E-state index contributed by atoms with van der Waals surface area (Å²) in [5, 5.41) is 7.78. The van der Waals surface area contributed by atoms with Crippen molar-refractivity contribution in [1.29, 1.82) is 0 Å². The van der Waals surface area contributed by atoms with Crippen LogP contribution < -0.4 is 32.3 Å². The van der Waals surface area contributed by atoms with Crippen molar-refractivity contribution in [2.75, 3.05) is 32.9 Å². The Kier molecular flexibility index (Phi) is 16.1. The van der Waals surface area contributed by atoms with E-state index in [2.05, 4.69) is 79.5 Å². The Balaban J connectivity index is 1.97. The van der Waals surface area contributed by atoms with E-state index in [1.54, 1.807) is 27.7 Å². The predicted molar refractivity (Wildman–Crippen MR) is 227 cm³/mol. The standard InChI is InChI=1S/C42H62BN5O8Si/c1-10-12-24-52-27-42(28-54-57(41(7,8)9,31-20-16-14-17-21-31)32-22-18-15-19-23-32)34(53-25-13-11-2)33(36(55-42)48-26-30(3)35(49)46-38(48)50)45-37(44-29-43)47-39(51)56-40(4,5)6/h14-23,26,33-34,36H,10-13,24-25,27-29H2,1-9H3,(H,46,49,50)(H2,44,45,47,51)/t33-,34?,36+,42-/m0/s1. The summed E-state index contributed by atoms with van der Waals surface area (Å²) in [5.74, 6) is -0.0146. The van der Waals surface area contributed by atoms with E-state index in [1.165, 1.54) is 10.8 Å². The number of aromatic nitrogens is 2. The summed E-state index contributed by atoms with van der Waals surface area (Å²) in [7, 11) is 2.76. The Morgan fingerprint density at radius 2 is 1.54 bits per heavy atom. The number of carbonyl (C=O) groups excluding carboxylic acids is 1. The second-order valence-electron chi connectivity index (χ2n) is 16.5. The van der Waals surface area contributed by atoms with E-state index < -0.39 is 55.2 Å². The number of unbranched alkanes of at least 4 members (excludes halogenated alkanes) is 2. The molecular weight excluding hydrogens is 741 g/mol. The molecule has 0 spiro atoms. The van der Waals surface area contributed by atoms with Gasteiger partial charge in [0.2, 0.25) is 0 Å². The molecule has 1 aromatic heterocycles. The highest BCUT2D eigenvalue weighted by Crippen LogP contribution is 2.43. The number of nitrogens with one attached hydrogen (secondary N) is 3. The zero-order chi connectivity index (χ0) is 41.9. The fourth-order valence-electron chi connectivity index (χ4n) is 7.15. The van der Waals surface area contributed by atoms with Crippen LogP contribution in [0, 0.1) is 6.92 Å². The van der Waals surface area contributed by atoms with E-state index in [0.29, 0.717) is 18.8 Å². The number of carbonyl (C=O) groups is 1. The SMILES string of the molecule is [B]CN=C(NC(=O)OC(C)(C)C)N[C@H]1C(OCCCC)[C@](COCCCC)(CO[Si](c2ccccc2)(c2ccccc2)C(C)(C)C)O[C@H]1n1cc(C)c(=O)[nH]c1=O. The van der Waals surface area contributed by atoms with Crippen LogP contribution >= 0.6 is 0 Å². The molecule has 0 bridgehead atoms. The molecule has 1 fully saturated rings. The lowest BCUT2D eigenvalue weighted by molar-refractivity contribution is -0.168. The zero-order valence-electron chi connectivity index (χ0n) is 35.2. The Morgan fingerprint density at radius 1 is 0.947 bits per heavy atom. The summed E-state index contributed by atoms with van der Waals surface area (Å²) in [4.78, 5) is 46.3. The average Bonchev–Trinajstić information content (AvgIpc) is 3.43. The number of alkyl carbamates (subject to hydrolysis) is 1. The predicted octanol–water partition coefficient (Wildman–Crippen LogP) is 4.66. The Bertz CT molecular complexity index is 1840. The normalized spacial score (nSPS) is 20.4. The maximum Gasteiger partial charge on any atom is 0.414 e. The maximum atomic E-state index is 13.7. The van der Waals surface area contributed by atoms with Gasteiger partial charge in [0.15, 0.2) is 12.2 Å². The van der Waals surface area contributed by atoms with Crippen LogP contribution in [0.3, 0.4) is 0 Å². The van der Waals surface area contributed by atoms with E-state index >= 15 is 0 Å². The molecule has 1 aliphatic rings. The van der Waals surface area contributed by atoms with Crippen molar-refractivity contribution in [2.24, 2.45) is 4.99 Å². The molecule has 1 unspecified atom stereocenters. The molecule has 57 heavy (non-hydrogen) atoms. The quantitative estimate of drug-likeness (QED) is 0.0766. The third-order valence-corrected chi connectivity index (χ3v) is 14.8. The van der Waals surface area contributed by atoms with Gasteiger partial charge in [-0.25, -0.2) is 9.59 Å². The fourth-order valence-corrected chi connectivity index (χ4v) is 11.8. The van der Waals surface area contributed by atoms with Crippen LogP contribution in [0.1, 0.15) is 92.9 Å². The summed E-state index contributed by atoms with van der Waals surface area (Å²) in [6, 6.07) is 19.7. The lowest BCUT2D eigenvalue weighted by Crippen LogP contribution is -2.68. The Morgan fingerprint density at radius 3 is 2.09 bits per heavy atom. The topological polar surface area (TPSA) is 154 Å². The van der Waals surface area contributed by atoms with E-state index in [9.17, 15) is 14.4 Å². The average molecular weight is 804 g/mol. The number of amides is 1. The monoisotopic (exact) mass is 803 g/mol. The fraction of sp³-hybridized carbons (Fsp3) is 0.571. The minimum Gasteiger partial charge on any atom is -0.444 e. The maximum absolute atomic E-state index is 13.7. The molecule has 13 nitrogen and oxygen atoms in total. The molecule has 2 radical (unpaired) electrons. The summed E-state index contributed by atoms with van der Waals surface area (Å²) in [6.07, 6.45) is 1.83. The van der Waals surface area contributed by atoms with E-state index in [4.69, 9.17) is 31.2 Å². The second-order valence-corrected chi connectivity index (χ2v) is 20.8. The molecule has 4 rings (SSSR count). The molecular formula is C42H62BN5O8Si. The third kappa shape index (κ3) is 11.3. The zero-order valence-corrected chi connectivity index (χ0v) is 36.2. The molecule has 1 aliphatic heterocycles. The minimum atomic E-state index is -3.17. The number of nitrogens with zero attached hydrogens (tertiary/aromatic N) is 2. The highest BCUT2D eigenvalue weighted by molar-refractivity contribution is 6.99. The second kappa shape index (κ2) is 20.1. The van der Waals surface area contributed by atoms with Crippen molar-refractivity contribution < 1.29 is 28.2 Å². The Labute approximate surface area is 339 Å². The van der Waals surface area contributed by atoms with Crippen molar-refractivity contribution in [3.63, 3.8) is 0 Å². The molecule has 3 N–H and O–H groups in total. The van der Waals surface area contributed by atoms with Gasteiger partial charge in [0, 0.05) is 31.4 Å². The molecule has 0 aliphatic carbocycles. The highest BCUT2D eigenvalue weighted by atomic mass is 28.4. The molecule has 2 heterocycles. The smallest absolute Gasteiger partial charge is 0.414 e. The van der Waals surface area contributed by atoms with Gasteiger partial charge in [-0.15, -0.1) is 0 Å². The van der Waals surface area contributed by atoms with Crippen LogP contribution in [0.5, 0.6) is 0 Å². The number of aliphatic imine (C=N–C) groups is 1. The van der Waals surface area contributed by atoms with Crippen molar-refractivity contribution in [3.05, 3.63) is 93.3 Å². The van der Waals surface area contributed by atoms with Crippen LogP contribution in [0.25, 0.3) is 0 Å². The van der Waals surface area contributed by atoms with Gasteiger partial charge >= 0.3 is 11.8 Å². The van der Waals surface area contributed by atoms with Gasteiger partial charge in [-0.3, -0.25) is 24.7 Å². The van der Waals surface area contributed by atoms with Gasteiger partial charge in [-0.2, -0.15) is 0 Å². The van der Waals surface area contributed by atoms with E-state index in [-0.39, 0.29) is 30.7 Å². The lowest BCUT2D eigenvalue weighted by Gasteiger charge is -2.45. The van der Waals surface area contributed by atoms with Crippen molar-refractivity contribution >= 4 is 38.6 Å². The summed E-state index contributed by atoms with van der Waals surface area (Å²) >= 11 is 0. The minimum absolute atomic E-state index is 0.00216. The molecule has 4 atom stereocenters. The number of rotatable bonds is 17. The van der Waals surface area contributed by atoms with E-state index in [1.807, 2.05) is 36.4 Å². The van der Waals surface area contributed by atoms with Crippen molar-refractivity contribution in [1.82, 2.24) is 20.2 Å². The van der Waals surface area contributed by atoms with Crippen LogP contribution in [0.2, 0.25) is 5.04 Å². The van der Waals surface area contributed by atoms with Gasteiger partial charge in [0.25, 0.3) is 13.9 Å². The largest absolute Gasteiger partial charge is 0.444 e. The number of aromatic amines is 1. The first-order chi connectivity index (χ1) is 27.0. The van der Waals surface area contributed by atoms with Crippen LogP contribution in [0.4, 0.5) is 4.79 Å². The van der Waals surface area contributed by atoms with Gasteiger partial charge in [-0.1, -0.05) is 108 Å². The summed E-state index contributed by atoms with van der Waals surface area (Å²) in [6.45, 7) is 18.4. The Hall–Kier alpha value is -4.02. The molecule has 3 aromatic rings. The first-order valence-electron chi connectivity index (χ1n) is 20.0. The molecule has 15 heteroatoms. The molecule has 310 valence electrons. The lowest BCUT2D eigenvalue weighted by atomic mass is 9.94. The van der Waals surface area contributed by atoms with Gasteiger partial charge in [0.05, 0.1) is 21.1 Å². The van der Waals surface area contributed by atoms with Crippen molar-refractivity contribution in [2.45, 2.75) is 123 Å². The number of benzene rings is 2.